The third-order valence-electron chi connectivity index (χ3n) is 8.89. The highest BCUT2D eigenvalue weighted by Crippen LogP contribution is 2.36. The van der Waals surface area contributed by atoms with Gasteiger partial charge in [0.05, 0.1) is 11.4 Å². The summed E-state index contributed by atoms with van der Waals surface area (Å²) in [6.45, 7) is 0. The van der Waals surface area contributed by atoms with Gasteiger partial charge < -0.3 is 4.90 Å². The molecule has 3 nitrogen and oxygen atoms in total. The third-order valence-corrected chi connectivity index (χ3v) is 8.89. The predicted octanol–water partition coefficient (Wildman–Crippen LogP) is 12.2. The van der Waals surface area contributed by atoms with E-state index in [1.54, 1.807) is 0 Å². The molecule has 1 aliphatic carbocycles. The largest absolute Gasteiger partial charge is 0.311 e. The second kappa shape index (κ2) is 14.3. The van der Waals surface area contributed by atoms with Crippen molar-refractivity contribution in [3.05, 3.63) is 211 Å². The van der Waals surface area contributed by atoms with E-state index in [-0.39, 0.29) is 0 Å². The number of para-hydroxylation sites is 1. The summed E-state index contributed by atoms with van der Waals surface area (Å²) < 4.78 is 0. The van der Waals surface area contributed by atoms with Gasteiger partial charge in [0.15, 0.2) is 5.82 Å². The summed E-state index contributed by atoms with van der Waals surface area (Å²) in [6.07, 6.45) is 9.86. The average molecular weight is 642 g/mol. The summed E-state index contributed by atoms with van der Waals surface area (Å²) >= 11 is 0. The fourth-order valence-electron chi connectivity index (χ4n) is 6.37. The van der Waals surface area contributed by atoms with Crippen molar-refractivity contribution in [2.24, 2.45) is 0 Å². The molecular weight excluding hydrogens is 607 g/mol. The predicted molar refractivity (Wildman–Crippen MR) is 209 cm³/mol. The maximum absolute atomic E-state index is 5.19. The molecule has 0 N–H and O–H groups in total. The monoisotopic (exact) mass is 641 g/mol. The molecule has 0 spiro atoms. The Balaban J connectivity index is 1.23. The maximum atomic E-state index is 5.19. The Kier molecular flexibility index (Phi) is 8.77. The van der Waals surface area contributed by atoms with Crippen LogP contribution in [-0.2, 0) is 0 Å². The normalized spacial score (nSPS) is 12.5. The number of allylic oxidation sites excluding steroid dienone is 5. The highest BCUT2D eigenvalue weighted by atomic mass is 15.1. The number of aromatic nitrogens is 2. The molecule has 8 rings (SSSR count). The lowest BCUT2D eigenvalue weighted by Crippen LogP contribution is -2.15. The first-order valence-corrected chi connectivity index (χ1v) is 17.0. The van der Waals surface area contributed by atoms with E-state index >= 15 is 0 Å². The average Bonchev–Trinajstić information content (AvgIpc) is 3.46. The van der Waals surface area contributed by atoms with Crippen LogP contribution in [0.1, 0.15) is 12.0 Å². The van der Waals surface area contributed by atoms with Crippen molar-refractivity contribution >= 4 is 16.9 Å². The highest BCUT2D eigenvalue weighted by molar-refractivity contribution is 5.82. The molecule has 1 aliphatic rings. The molecule has 0 fully saturated rings. The molecular formula is C47H35N3. The smallest absolute Gasteiger partial charge is 0.160 e. The lowest BCUT2D eigenvalue weighted by molar-refractivity contribution is 1.17. The molecule has 0 aliphatic heterocycles. The molecule has 0 unspecified atom stereocenters. The lowest BCUT2D eigenvalue weighted by atomic mass is 10.0. The molecule has 6 aromatic carbocycles. The van der Waals surface area contributed by atoms with Crippen LogP contribution in [0, 0.1) is 0 Å². The molecule has 0 saturated heterocycles. The summed E-state index contributed by atoms with van der Waals surface area (Å²) in [6, 6.07) is 61.2. The molecule has 3 heteroatoms. The minimum absolute atomic E-state index is 0.694. The van der Waals surface area contributed by atoms with E-state index in [1.165, 1.54) is 16.7 Å². The van der Waals surface area contributed by atoms with E-state index < -0.39 is 0 Å². The van der Waals surface area contributed by atoms with Gasteiger partial charge in [-0.25, -0.2) is 9.97 Å². The molecule has 1 aromatic heterocycles. The first-order chi connectivity index (χ1) is 24.8. The zero-order valence-electron chi connectivity index (χ0n) is 27.6. The van der Waals surface area contributed by atoms with Gasteiger partial charge in [0.25, 0.3) is 0 Å². The number of hydrogen-bond donors (Lipinski definition) is 0. The van der Waals surface area contributed by atoms with Crippen LogP contribution in [0.4, 0.5) is 11.4 Å². The van der Waals surface area contributed by atoms with Crippen LogP contribution in [0.5, 0.6) is 0 Å². The summed E-state index contributed by atoms with van der Waals surface area (Å²) in [5.74, 6) is 0.694. The molecule has 0 bridgehead atoms. The Morgan fingerprint density at radius 1 is 0.420 bits per heavy atom. The summed E-state index contributed by atoms with van der Waals surface area (Å²) in [7, 11) is 0. The van der Waals surface area contributed by atoms with Crippen LogP contribution >= 0.6 is 0 Å². The zero-order chi connectivity index (χ0) is 33.5. The van der Waals surface area contributed by atoms with Gasteiger partial charge in [-0.15, -0.1) is 0 Å². The van der Waals surface area contributed by atoms with E-state index in [1.807, 2.05) is 12.1 Å². The van der Waals surface area contributed by atoms with Crippen LogP contribution in [0.15, 0.2) is 206 Å². The number of rotatable bonds is 8. The maximum Gasteiger partial charge on any atom is 0.160 e. The van der Waals surface area contributed by atoms with E-state index in [0.717, 1.165) is 57.1 Å². The second-order valence-electron chi connectivity index (χ2n) is 12.2. The van der Waals surface area contributed by atoms with E-state index in [9.17, 15) is 0 Å². The number of anilines is 2. The van der Waals surface area contributed by atoms with E-state index in [2.05, 4.69) is 193 Å². The molecule has 0 saturated carbocycles. The van der Waals surface area contributed by atoms with Crippen molar-refractivity contribution in [2.45, 2.75) is 6.42 Å². The van der Waals surface area contributed by atoms with Gasteiger partial charge in [-0.05, 0) is 65.1 Å². The van der Waals surface area contributed by atoms with E-state index in [4.69, 9.17) is 9.97 Å². The van der Waals surface area contributed by atoms with Crippen molar-refractivity contribution in [3.8, 4) is 45.0 Å². The van der Waals surface area contributed by atoms with Gasteiger partial charge in [0.1, 0.15) is 0 Å². The molecule has 1 heterocycles. The van der Waals surface area contributed by atoms with Crippen LogP contribution in [0.25, 0.3) is 50.6 Å². The Hall–Kier alpha value is -6.58. The van der Waals surface area contributed by atoms with Gasteiger partial charge in [-0.1, -0.05) is 164 Å². The zero-order valence-corrected chi connectivity index (χ0v) is 27.6. The lowest BCUT2D eigenvalue weighted by Gasteiger charge is -2.27. The van der Waals surface area contributed by atoms with Crippen molar-refractivity contribution in [3.63, 3.8) is 0 Å². The van der Waals surface area contributed by atoms with Gasteiger partial charge in [0.2, 0.25) is 0 Å². The Labute approximate surface area is 293 Å². The molecule has 0 radical (unpaired) electrons. The quantitative estimate of drug-likeness (QED) is 0.165. The number of hydrogen-bond acceptors (Lipinski definition) is 3. The van der Waals surface area contributed by atoms with Crippen molar-refractivity contribution in [1.29, 1.82) is 0 Å². The molecule has 238 valence electrons. The topological polar surface area (TPSA) is 29.0 Å². The van der Waals surface area contributed by atoms with Crippen LogP contribution in [0.2, 0.25) is 0 Å². The summed E-state index contributed by atoms with van der Waals surface area (Å²) in [5.41, 5.74) is 12.8. The molecule has 50 heavy (non-hydrogen) atoms. The minimum Gasteiger partial charge on any atom is -0.311 e. The minimum atomic E-state index is 0.694. The Bertz CT molecular complexity index is 2310. The molecule has 0 atom stereocenters. The Morgan fingerprint density at radius 2 is 0.940 bits per heavy atom. The molecule has 0 amide bonds. The first-order valence-electron chi connectivity index (χ1n) is 17.0. The van der Waals surface area contributed by atoms with Crippen molar-refractivity contribution in [2.75, 3.05) is 4.90 Å². The standard InChI is InChI=1S/C47H35N3/c1-5-16-35(17-6-1)37-28-30-39(31-29-37)47-48-45(38-20-9-3-10-21-38)34-46(49-47)41-23-15-27-44(33-41)50(42-24-11-4-12-25-42)43-26-14-13-22-40(32-43)36-18-7-2-8-19-36/h1-13,15-34H,14H2. The van der Waals surface area contributed by atoms with Crippen LogP contribution < -0.4 is 4.90 Å². The first kappa shape index (κ1) is 30.7. The fraction of sp³-hybridized carbons (Fsp3) is 0.0213. The third kappa shape index (κ3) is 6.71. The van der Waals surface area contributed by atoms with Gasteiger partial charge in [-0.3, -0.25) is 0 Å². The van der Waals surface area contributed by atoms with Gasteiger partial charge in [-0.2, -0.15) is 0 Å². The van der Waals surface area contributed by atoms with Crippen molar-refractivity contribution < 1.29 is 0 Å². The fourth-order valence-corrected chi connectivity index (χ4v) is 6.37. The second-order valence-corrected chi connectivity index (χ2v) is 12.2. The highest BCUT2D eigenvalue weighted by Gasteiger charge is 2.17. The molecule has 7 aromatic rings. The Morgan fingerprint density at radius 3 is 1.62 bits per heavy atom. The van der Waals surface area contributed by atoms with Crippen molar-refractivity contribution in [1.82, 2.24) is 9.97 Å². The van der Waals surface area contributed by atoms with Gasteiger partial charge in [0, 0.05) is 33.8 Å². The van der Waals surface area contributed by atoms with Crippen LogP contribution in [0.3, 0.4) is 0 Å². The van der Waals surface area contributed by atoms with Crippen LogP contribution in [-0.4, -0.2) is 9.97 Å². The summed E-state index contributed by atoms with van der Waals surface area (Å²) in [5, 5.41) is 0. The van der Waals surface area contributed by atoms with E-state index in [0.29, 0.717) is 5.82 Å². The van der Waals surface area contributed by atoms with Gasteiger partial charge >= 0.3 is 0 Å². The summed E-state index contributed by atoms with van der Waals surface area (Å²) in [4.78, 5) is 12.6. The number of benzene rings is 6. The SMILES string of the molecule is C1=CC(c2ccccc2)=CC(N(c2ccccc2)c2cccc(-c3cc(-c4ccccc4)nc(-c4ccc(-c5ccccc5)cc4)n3)c2)=CC1. The number of nitrogens with zero attached hydrogens (tertiary/aromatic N) is 3.